The first kappa shape index (κ1) is 14.7. The van der Waals surface area contributed by atoms with Crippen molar-refractivity contribution in [2.24, 2.45) is 5.92 Å². The van der Waals surface area contributed by atoms with Crippen LogP contribution in [-0.4, -0.2) is 34.0 Å². The number of hydrogen-bond acceptors (Lipinski definition) is 3. The van der Waals surface area contributed by atoms with E-state index in [9.17, 15) is 14.7 Å². The summed E-state index contributed by atoms with van der Waals surface area (Å²) in [5, 5.41) is 12.2. The summed E-state index contributed by atoms with van der Waals surface area (Å²) < 4.78 is 0. The van der Waals surface area contributed by atoms with Gasteiger partial charge in [-0.05, 0) is 25.0 Å². The smallest absolute Gasteiger partial charge is 0.330 e. The van der Waals surface area contributed by atoms with E-state index < -0.39 is 11.5 Å². The van der Waals surface area contributed by atoms with E-state index >= 15 is 0 Å². The molecule has 108 valence electrons. The topological polar surface area (TPSA) is 66.4 Å². The third-order valence-corrected chi connectivity index (χ3v) is 5.46. The van der Waals surface area contributed by atoms with Crippen molar-refractivity contribution < 1.29 is 14.7 Å². The molecule has 0 radical (unpaired) electrons. The second-order valence-electron chi connectivity index (χ2n) is 5.72. The second-order valence-corrected chi connectivity index (χ2v) is 6.83. The van der Waals surface area contributed by atoms with Gasteiger partial charge in [-0.2, -0.15) is 11.8 Å². The van der Waals surface area contributed by atoms with Crippen LogP contribution in [0.1, 0.15) is 51.4 Å². The summed E-state index contributed by atoms with van der Waals surface area (Å²) in [6, 6.07) is 0. The van der Waals surface area contributed by atoms with Gasteiger partial charge in [0.1, 0.15) is 5.54 Å². The van der Waals surface area contributed by atoms with Gasteiger partial charge in [-0.15, -0.1) is 0 Å². The molecular weight excluding hydrogens is 262 g/mol. The van der Waals surface area contributed by atoms with Gasteiger partial charge in [0.15, 0.2) is 0 Å². The predicted molar refractivity (Wildman–Crippen MR) is 76.3 cm³/mol. The maximum atomic E-state index is 12.3. The normalized spacial score (nSPS) is 29.5. The quantitative estimate of drug-likeness (QED) is 0.835. The van der Waals surface area contributed by atoms with Crippen LogP contribution in [-0.2, 0) is 9.59 Å². The van der Waals surface area contributed by atoms with Crippen molar-refractivity contribution in [3.05, 3.63) is 0 Å². The number of carbonyl (C=O) groups is 2. The highest BCUT2D eigenvalue weighted by molar-refractivity contribution is 7.99. The fraction of sp³-hybridized carbons (Fsp3) is 0.857. The van der Waals surface area contributed by atoms with E-state index in [2.05, 4.69) is 5.32 Å². The highest BCUT2D eigenvalue weighted by Gasteiger charge is 2.44. The lowest BCUT2D eigenvalue weighted by atomic mass is 9.89. The highest BCUT2D eigenvalue weighted by atomic mass is 32.2. The molecule has 2 rings (SSSR count). The molecule has 1 aliphatic heterocycles. The Morgan fingerprint density at radius 2 is 1.74 bits per heavy atom. The average Bonchev–Trinajstić information content (AvgIpc) is 2.78. The van der Waals surface area contributed by atoms with Crippen LogP contribution >= 0.6 is 11.8 Å². The van der Waals surface area contributed by atoms with Crippen LogP contribution in [0.2, 0.25) is 0 Å². The van der Waals surface area contributed by atoms with Crippen LogP contribution in [0, 0.1) is 5.92 Å². The number of rotatable bonds is 3. The molecule has 4 nitrogen and oxygen atoms in total. The number of aliphatic carboxylic acids is 1. The molecule has 1 aliphatic carbocycles. The van der Waals surface area contributed by atoms with Crippen LogP contribution in [0.5, 0.6) is 0 Å². The van der Waals surface area contributed by atoms with Crippen LogP contribution in [0.25, 0.3) is 0 Å². The Hall–Kier alpha value is -0.710. The maximum Gasteiger partial charge on any atom is 0.330 e. The molecule has 1 atom stereocenters. The molecule has 0 bridgehead atoms. The summed E-state index contributed by atoms with van der Waals surface area (Å²) in [6.45, 7) is 0. The lowest BCUT2D eigenvalue weighted by Crippen LogP contribution is -2.56. The summed E-state index contributed by atoms with van der Waals surface area (Å²) in [4.78, 5) is 23.8. The lowest BCUT2D eigenvalue weighted by Gasteiger charge is -2.28. The Labute approximate surface area is 118 Å². The molecule has 0 aromatic heterocycles. The first-order valence-corrected chi connectivity index (χ1v) is 8.43. The standard InChI is InChI=1S/C14H23NO3S/c16-12(11-6-4-2-1-3-5-7-11)15-14(13(17)18)8-9-19-10-14/h11H,1-10H2,(H,15,16)(H,17,18). The molecule has 1 saturated heterocycles. The van der Waals surface area contributed by atoms with E-state index in [-0.39, 0.29) is 11.8 Å². The van der Waals surface area contributed by atoms with Gasteiger partial charge in [-0.25, -0.2) is 4.79 Å². The van der Waals surface area contributed by atoms with Crippen molar-refractivity contribution in [2.75, 3.05) is 11.5 Å². The Bertz CT molecular complexity index is 332. The molecule has 19 heavy (non-hydrogen) atoms. The van der Waals surface area contributed by atoms with E-state index in [1.54, 1.807) is 11.8 Å². The number of carboxylic acids is 1. The largest absolute Gasteiger partial charge is 0.479 e. The molecule has 0 aromatic carbocycles. The average molecular weight is 285 g/mol. The SMILES string of the molecule is O=C(NC1(C(=O)O)CCSC1)C1CCCCCCC1. The molecule has 1 amide bonds. The summed E-state index contributed by atoms with van der Waals surface area (Å²) in [5.74, 6) is 0.420. The van der Waals surface area contributed by atoms with Crippen molar-refractivity contribution in [3.8, 4) is 0 Å². The number of amides is 1. The van der Waals surface area contributed by atoms with Gasteiger partial charge >= 0.3 is 5.97 Å². The Morgan fingerprint density at radius 3 is 2.26 bits per heavy atom. The summed E-state index contributed by atoms with van der Waals surface area (Å²) in [5.41, 5.74) is -1.01. The molecule has 0 spiro atoms. The molecule has 0 aromatic rings. The second kappa shape index (κ2) is 6.64. The van der Waals surface area contributed by atoms with E-state index in [0.29, 0.717) is 12.2 Å². The summed E-state index contributed by atoms with van der Waals surface area (Å²) >= 11 is 1.61. The maximum absolute atomic E-state index is 12.3. The van der Waals surface area contributed by atoms with Crippen molar-refractivity contribution in [1.29, 1.82) is 0 Å². The molecule has 5 heteroatoms. The number of hydrogen-bond donors (Lipinski definition) is 2. The van der Waals surface area contributed by atoms with Crippen molar-refractivity contribution >= 4 is 23.6 Å². The van der Waals surface area contributed by atoms with Gasteiger partial charge < -0.3 is 10.4 Å². The molecule has 2 fully saturated rings. The number of nitrogens with one attached hydrogen (secondary N) is 1. The first-order valence-electron chi connectivity index (χ1n) is 7.27. The molecule has 2 N–H and O–H groups in total. The summed E-state index contributed by atoms with van der Waals surface area (Å²) in [7, 11) is 0. The number of carboxylic acid groups (broad SMARTS) is 1. The van der Waals surface area contributed by atoms with E-state index in [4.69, 9.17) is 0 Å². The Morgan fingerprint density at radius 1 is 1.11 bits per heavy atom. The third-order valence-electron chi connectivity index (χ3n) is 4.27. The molecular formula is C14H23NO3S. The van der Waals surface area contributed by atoms with Crippen molar-refractivity contribution in [3.63, 3.8) is 0 Å². The fourth-order valence-electron chi connectivity index (χ4n) is 2.94. The molecule has 1 heterocycles. The zero-order valence-electron chi connectivity index (χ0n) is 11.3. The molecule has 1 saturated carbocycles. The predicted octanol–water partition coefficient (Wildman–Crippen LogP) is 2.42. The van der Waals surface area contributed by atoms with Gasteiger partial charge in [0.25, 0.3) is 0 Å². The minimum atomic E-state index is -1.01. The Balaban J connectivity index is 1.96. The number of thioether (sulfide) groups is 1. The fourth-order valence-corrected chi connectivity index (χ4v) is 4.27. The van der Waals surface area contributed by atoms with Crippen LogP contribution in [0.15, 0.2) is 0 Å². The minimum Gasteiger partial charge on any atom is -0.479 e. The first-order chi connectivity index (χ1) is 9.14. The van der Waals surface area contributed by atoms with Gasteiger partial charge in [0, 0.05) is 11.7 Å². The number of carbonyl (C=O) groups excluding carboxylic acids is 1. The molecule has 1 unspecified atom stereocenters. The third kappa shape index (κ3) is 3.65. The van der Waals surface area contributed by atoms with Gasteiger partial charge in [0.05, 0.1) is 0 Å². The van der Waals surface area contributed by atoms with Crippen molar-refractivity contribution in [1.82, 2.24) is 5.32 Å². The minimum absolute atomic E-state index is 0.0159. The Kier molecular flexibility index (Phi) is 5.13. The van der Waals surface area contributed by atoms with Crippen LogP contribution in [0.3, 0.4) is 0 Å². The van der Waals surface area contributed by atoms with Gasteiger partial charge in [-0.3, -0.25) is 4.79 Å². The monoisotopic (exact) mass is 285 g/mol. The van der Waals surface area contributed by atoms with Crippen molar-refractivity contribution in [2.45, 2.75) is 56.9 Å². The van der Waals surface area contributed by atoms with E-state index in [1.165, 1.54) is 19.3 Å². The zero-order valence-corrected chi connectivity index (χ0v) is 12.1. The summed E-state index contributed by atoms with van der Waals surface area (Å²) in [6.07, 6.45) is 8.21. The lowest BCUT2D eigenvalue weighted by molar-refractivity contribution is -0.147. The molecule has 2 aliphatic rings. The van der Waals surface area contributed by atoms with Gasteiger partial charge in [0.2, 0.25) is 5.91 Å². The van der Waals surface area contributed by atoms with E-state index in [0.717, 1.165) is 31.4 Å². The highest BCUT2D eigenvalue weighted by Crippen LogP contribution is 2.30. The van der Waals surface area contributed by atoms with Gasteiger partial charge in [-0.1, -0.05) is 32.1 Å². The van der Waals surface area contributed by atoms with Crippen LogP contribution in [0.4, 0.5) is 0 Å². The van der Waals surface area contributed by atoms with Crippen LogP contribution < -0.4 is 5.32 Å². The van der Waals surface area contributed by atoms with E-state index in [1.807, 2.05) is 0 Å². The zero-order chi connectivity index (χ0) is 13.7.